The van der Waals surface area contributed by atoms with Gasteiger partial charge in [0.05, 0.1) is 38.3 Å². The lowest BCUT2D eigenvalue weighted by Gasteiger charge is -2.48. The zero-order chi connectivity index (χ0) is 39.0. The highest BCUT2D eigenvalue weighted by atomic mass is 19.3. The summed E-state index contributed by atoms with van der Waals surface area (Å²) in [5.74, 6) is -2.12. The smallest absolute Gasteiger partial charge is 0.282 e. The first-order valence-electron chi connectivity index (χ1n) is 18.3. The zero-order valence-corrected chi connectivity index (χ0v) is 31.4. The van der Waals surface area contributed by atoms with Gasteiger partial charge in [0.25, 0.3) is 17.4 Å². The third-order valence-electron chi connectivity index (χ3n) is 11.4. The van der Waals surface area contributed by atoms with Gasteiger partial charge in [-0.25, -0.2) is 13.8 Å². The number of pyridine rings is 2. The molecular weight excluding hydrogens is 712 g/mol. The zero-order valence-electron chi connectivity index (χ0n) is 31.4. The summed E-state index contributed by atoms with van der Waals surface area (Å²) in [7, 11) is 4.87. The monoisotopic (exact) mass is 755 g/mol. The lowest BCUT2D eigenvalue weighted by Crippen LogP contribution is -2.59. The number of aromatic nitrogens is 2. The van der Waals surface area contributed by atoms with Crippen molar-refractivity contribution in [3.05, 3.63) is 75.8 Å². The van der Waals surface area contributed by atoms with Gasteiger partial charge in [-0.1, -0.05) is 6.07 Å². The number of nitrogens with one attached hydrogen (secondary N) is 1. The topological polar surface area (TPSA) is 130 Å². The number of nitrogens with zero attached hydrogens (tertiary/aromatic N) is 6. The second-order valence-corrected chi connectivity index (χ2v) is 15.5. The number of alkyl halides is 2. The Morgan fingerprint density at radius 1 is 0.909 bits per heavy atom. The molecule has 13 nitrogen and oxygen atoms in total. The summed E-state index contributed by atoms with van der Waals surface area (Å²) in [5.41, 5.74) is 4.10. The van der Waals surface area contributed by atoms with E-state index in [2.05, 4.69) is 33.9 Å². The minimum Gasteiger partial charge on any atom is -0.496 e. The summed E-state index contributed by atoms with van der Waals surface area (Å²) in [6.07, 6.45) is 3.71. The van der Waals surface area contributed by atoms with Crippen LogP contribution >= 0.6 is 0 Å². The van der Waals surface area contributed by atoms with Gasteiger partial charge >= 0.3 is 0 Å². The number of piperidine rings is 1. The Labute approximate surface area is 316 Å². The van der Waals surface area contributed by atoms with Gasteiger partial charge in [0.2, 0.25) is 11.8 Å². The van der Waals surface area contributed by atoms with Crippen LogP contribution in [-0.4, -0.2) is 102 Å². The molecule has 0 spiro atoms. The Balaban J connectivity index is 1.03. The maximum absolute atomic E-state index is 13.7. The van der Waals surface area contributed by atoms with Crippen molar-refractivity contribution < 1.29 is 32.6 Å². The predicted molar refractivity (Wildman–Crippen MR) is 202 cm³/mol. The van der Waals surface area contributed by atoms with Gasteiger partial charge in [0, 0.05) is 86.3 Å². The number of fused-ring (bicyclic) bond motifs is 2. The van der Waals surface area contributed by atoms with Crippen LogP contribution in [0, 0.1) is 0 Å². The first-order chi connectivity index (χ1) is 26.2. The molecule has 3 fully saturated rings. The summed E-state index contributed by atoms with van der Waals surface area (Å²) in [5, 5.41) is 3.32. The largest absolute Gasteiger partial charge is 0.496 e. The predicted octanol–water partition coefficient (Wildman–Crippen LogP) is 3.93. The number of hydrogen-bond donors (Lipinski definition) is 1. The van der Waals surface area contributed by atoms with Crippen LogP contribution in [0.15, 0.2) is 53.6 Å². The molecule has 8 rings (SSSR count). The van der Waals surface area contributed by atoms with Gasteiger partial charge in [-0.2, -0.15) is 0 Å². The minimum absolute atomic E-state index is 0.199. The van der Waals surface area contributed by atoms with E-state index in [1.54, 1.807) is 38.4 Å². The molecule has 1 N–H and O–H groups in total. The molecule has 1 unspecified atom stereocenters. The highest BCUT2D eigenvalue weighted by Crippen LogP contribution is 2.41. The van der Waals surface area contributed by atoms with Crippen molar-refractivity contribution in [2.75, 3.05) is 56.7 Å². The first kappa shape index (κ1) is 36.4. The molecule has 0 radical (unpaired) electrons. The normalized spacial score (nSPS) is 20.7. The van der Waals surface area contributed by atoms with E-state index in [9.17, 15) is 28.0 Å². The van der Waals surface area contributed by atoms with Crippen LogP contribution in [-0.2, 0) is 29.7 Å². The lowest BCUT2D eigenvalue weighted by molar-refractivity contribution is -0.136. The van der Waals surface area contributed by atoms with Crippen LogP contribution in [0.25, 0.3) is 21.9 Å². The van der Waals surface area contributed by atoms with Gasteiger partial charge in [0.1, 0.15) is 23.4 Å². The molecule has 3 saturated heterocycles. The average molecular weight is 756 g/mol. The summed E-state index contributed by atoms with van der Waals surface area (Å²) in [4.78, 5) is 62.9. The fourth-order valence-corrected chi connectivity index (χ4v) is 8.36. The maximum Gasteiger partial charge on any atom is 0.282 e. The molecule has 288 valence electrons. The van der Waals surface area contributed by atoms with Crippen LogP contribution in [0.3, 0.4) is 0 Å². The number of halogens is 2. The summed E-state index contributed by atoms with van der Waals surface area (Å²) in [6.45, 7) is 6.41. The molecule has 0 bridgehead atoms. The highest BCUT2D eigenvalue weighted by molar-refractivity contribution is 6.05. The molecule has 6 heterocycles. The lowest BCUT2D eigenvalue weighted by atomic mass is 9.95. The number of ether oxygens (including phenoxy) is 2. The Bertz CT molecular complexity index is 2290. The van der Waals surface area contributed by atoms with Crippen LogP contribution in [0.5, 0.6) is 11.5 Å². The van der Waals surface area contributed by atoms with Gasteiger partial charge in [-0.3, -0.25) is 29.4 Å². The third-order valence-corrected chi connectivity index (χ3v) is 11.4. The summed E-state index contributed by atoms with van der Waals surface area (Å²) < 4.78 is 40.9. The fourth-order valence-electron chi connectivity index (χ4n) is 8.36. The summed E-state index contributed by atoms with van der Waals surface area (Å²) >= 11 is 0. The highest BCUT2D eigenvalue weighted by Gasteiger charge is 2.45. The van der Waals surface area contributed by atoms with E-state index in [-0.39, 0.29) is 29.3 Å². The van der Waals surface area contributed by atoms with Crippen LogP contribution in [0.2, 0.25) is 0 Å². The van der Waals surface area contributed by atoms with E-state index >= 15 is 0 Å². The van der Waals surface area contributed by atoms with Crippen molar-refractivity contribution >= 4 is 40.0 Å². The number of anilines is 2. The van der Waals surface area contributed by atoms with Crippen molar-refractivity contribution in [3.8, 4) is 22.6 Å². The SMILES string of the molecule is COc1cc(-c2cn(C)c(=O)c3cnc(N4CC(F)(F)C4)cc23)cc(OC)c1CN1CCN(c2ccc3c(c2)C(=O)N(C2CCC(=O)NC2=O)C3)CC1(C)C. The molecule has 2 aromatic heterocycles. The Hall–Kier alpha value is -5.57. The van der Waals surface area contributed by atoms with Crippen molar-refractivity contribution in [1.29, 1.82) is 0 Å². The van der Waals surface area contributed by atoms with E-state index in [0.29, 0.717) is 78.4 Å². The van der Waals surface area contributed by atoms with E-state index in [4.69, 9.17) is 9.47 Å². The molecule has 0 aliphatic carbocycles. The van der Waals surface area contributed by atoms with E-state index in [0.717, 1.165) is 22.4 Å². The number of methoxy groups -OCH3 is 2. The maximum atomic E-state index is 13.7. The average Bonchev–Trinajstić information content (AvgIpc) is 3.47. The van der Waals surface area contributed by atoms with Gasteiger partial charge < -0.3 is 28.7 Å². The number of carbonyl (C=O) groups is 3. The fraction of sp³-hybridized carbons (Fsp3) is 0.425. The van der Waals surface area contributed by atoms with Gasteiger partial charge in [0.15, 0.2) is 0 Å². The Morgan fingerprint density at radius 2 is 1.64 bits per heavy atom. The number of hydrogen-bond acceptors (Lipinski definition) is 10. The van der Waals surface area contributed by atoms with Crippen LogP contribution in [0.1, 0.15) is 48.2 Å². The van der Waals surface area contributed by atoms with Gasteiger partial charge in [-0.15, -0.1) is 0 Å². The Morgan fingerprint density at radius 3 is 2.29 bits per heavy atom. The van der Waals surface area contributed by atoms with Gasteiger partial charge in [-0.05, 0) is 61.7 Å². The molecule has 4 aliphatic heterocycles. The molecule has 55 heavy (non-hydrogen) atoms. The number of piperazine rings is 1. The van der Waals surface area contributed by atoms with Crippen molar-refractivity contribution in [1.82, 2.24) is 24.7 Å². The van der Waals surface area contributed by atoms with E-state index in [1.807, 2.05) is 30.3 Å². The van der Waals surface area contributed by atoms with E-state index < -0.39 is 31.0 Å². The van der Waals surface area contributed by atoms with Crippen molar-refractivity contribution in [2.45, 2.75) is 57.3 Å². The second kappa shape index (κ2) is 13.3. The van der Waals surface area contributed by atoms with Crippen LogP contribution < -0.4 is 30.1 Å². The molecule has 3 amide bonds. The number of aryl methyl sites for hydroxylation is 1. The van der Waals surface area contributed by atoms with Crippen LogP contribution in [0.4, 0.5) is 20.3 Å². The molecular formula is C40H43F2N7O6. The third kappa shape index (κ3) is 6.43. The molecule has 15 heteroatoms. The standard InChI is InChI=1S/C40H43F2N7O6/c1-39(2)20-46(25-7-6-23-17-49(38(53)26(23)14-25)31-8-9-35(50)44-36(31)51)10-11-48(39)19-30-32(54-4)12-24(13-33(30)55-5)29-18-45(3)37(52)28-16-43-34(15-27(28)29)47-21-40(41,42)22-47/h6-7,12-16,18,31H,8-11,17,19-22H2,1-5H3,(H,44,50,51). The second-order valence-electron chi connectivity index (χ2n) is 15.5. The number of carbonyl (C=O) groups excluding carboxylic acids is 3. The molecule has 1 atom stereocenters. The number of amides is 3. The summed E-state index contributed by atoms with van der Waals surface area (Å²) in [6, 6.07) is 10.8. The first-order valence-corrected chi connectivity index (χ1v) is 18.3. The van der Waals surface area contributed by atoms with E-state index in [1.165, 1.54) is 15.7 Å². The number of rotatable bonds is 8. The molecule has 4 aromatic rings. The molecule has 2 aromatic carbocycles. The molecule has 4 aliphatic rings. The number of benzene rings is 2. The minimum atomic E-state index is -2.77. The van der Waals surface area contributed by atoms with Crippen molar-refractivity contribution in [3.63, 3.8) is 0 Å². The van der Waals surface area contributed by atoms with Crippen molar-refractivity contribution in [2.24, 2.45) is 7.05 Å². The Kier molecular flexibility index (Phi) is 8.82. The molecule has 0 saturated carbocycles. The quantitative estimate of drug-likeness (QED) is 0.264. The number of imide groups is 1.